The molecular formula is C17H26N4O4S. The van der Waals surface area contributed by atoms with Crippen molar-refractivity contribution in [3.63, 3.8) is 0 Å². The molecule has 8 nitrogen and oxygen atoms in total. The first kappa shape index (κ1) is 20.5. The molecule has 0 spiro atoms. The number of hydrazine groups is 1. The third-order valence-corrected chi connectivity index (χ3v) is 6.06. The van der Waals surface area contributed by atoms with Gasteiger partial charge in [0.25, 0.3) is 10.0 Å². The van der Waals surface area contributed by atoms with Crippen LogP contribution in [0.2, 0.25) is 0 Å². The molecule has 3 N–H and O–H groups in total. The average molecular weight is 382 g/mol. The molecule has 1 saturated heterocycles. The van der Waals surface area contributed by atoms with Gasteiger partial charge in [0.1, 0.15) is 6.73 Å². The Kier molecular flexibility index (Phi) is 7.30. The number of nitrogens with zero attached hydrogens (tertiary/aromatic N) is 2. The summed E-state index contributed by atoms with van der Waals surface area (Å²) in [5.41, 5.74) is 8.22. The summed E-state index contributed by atoms with van der Waals surface area (Å²) in [6.45, 7) is 5.72. The number of carbonyl (C=O) groups is 1. The predicted octanol–water partition coefficient (Wildman–Crippen LogP) is 0.535. The topological polar surface area (TPSA) is 105 Å². The molecule has 1 unspecified atom stereocenters. The van der Waals surface area contributed by atoms with Crippen LogP contribution in [-0.2, 0) is 14.8 Å². The molecule has 1 fully saturated rings. The van der Waals surface area contributed by atoms with Crippen LogP contribution in [0, 0.1) is 0 Å². The number of likely N-dealkylation sites (tertiary alicyclic amines) is 1. The standard InChI is InChI=1S/C17H26N4O4S/c1-3-10-20-11-6-7-14(20)12-19-21(13-25-2)26(23,24)16-9-5-4-8-15(16)17(18)22/h3-5,8-9,14,19H,1,6-7,10-13H2,2H3,(H2,18,22). The summed E-state index contributed by atoms with van der Waals surface area (Å²) in [7, 11) is -2.60. The van der Waals surface area contributed by atoms with Gasteiger partial charge in [-0.05, 0) is 31.5 Å². The fourth-order valence-corrected chi connectivity index (χ4v) is 4.49. The van der Waals surface area contributed by atoms with Crippen molar-refractivity contribution in [2.75, 3.05) is 33.5 Å². The molecule has 1 amide bonds. The van der Waals surface area contributed by atoms with Crippen molar-refractivity contribution in [1.82, 2.24) is 14.7 Å². The molecule has 0 radical (unpaired) electrons. The number of nitrogens with one attached hydrogen (secondary N) is 1. The summed E-state index contributed by atoms with van der Waals surface area (Å²) in [6.07, 6.45) is 3.87. The number of ether oxygens (including phenoxy) is 1. The van der Waals surface area contributed by atoms with Crippen LogP contribution in [0.5, 0.6) is 0 Å². The lowest BCUT2D eigenvalue weighted by atomic mass is 10.2. The number of amides is 1. The molecule has 0 saturated carbocycles. The van der Waals surface area contributed by atoms with Crippen LogP contribution in [-0.4, -0.2) is 63.2 Å². The SMILES string of the molecule is C=CCN1CCCC1CNN(COC)S(=O)(=O)c1ccccc1C(N)=O. The number of benzene rings is 1. The summed E-state index contributed by atoms with van der Waals surface area (Å²) in [5, 5.41) is 0. The Hall–Kier alpha value is -1.78. The van der Waals surface area contributed by atoms with E-state index in [4.69, 9.17) is 10.5 Å². The largest absolute Gasteiger partial charge is 0.367 e. The summed E-state index contributed by atoms with van der Waals surface area (Å²) in [5.74, 6) is -0.797. The molecule has 9 heteroatoms. The first-order valence-corrected chi connectivity index (χ1v) is 9.84. The molecule has 1 aliphatic heterocycles. The molecule has 1 aromatic carbocycles. The van der Waals surface area contributed by atoms with E-state index >= 15 is 0 Å². The minimum absolute atomic E-state index is 0.0513. The molecule has 0 aliphatic carbocycles. The number of rotatable bonds is 10. The highest BCUT2D eigenvalue weighted by molar-refractivity contribution is 7.89. The number of hydrogen-bond acceptors (Lipinski definition) is 6. The van der Waals surface area contributed by atoms with Crippen LogP contribution in [0.15, 0.2) is 41.8 Å². The van der Waals surface area contributed by atoms with E-state index in [1.54, 1.807) is 12.1 Å². The summed E-state index contributed by atoms with van der Waals surface area (Å²) in [4.78, 5) is 13.7. The monoisotopic (exact) mass is 382 g/mol. The van der Waals surface area contributed by atoms with Crippen molar-refractivity contribution in [2.45, 2.75) is 23.8 Å². The molecule has 1 aromatic rings. The Bertz CT molecular complexity index is 738. The van der Waals surface area contributed by atoms with Crippen molar-refractivity contribution in [3.8, 4) is 0 Å². The number of hydrogen-bond donors (Lipinski definition) is 2. The van der Waals surface area contributed by atoms with Crippen molar-refractivity contribution >= 4 is 15.9 Å². The molecule has 144 valence electrons. The van der Waals surface area contributed by atoms with Crippen molar-refractivity contribution in [1.29, 1.82) is 0 Å². The van der Waals surface area contributed by atoms with Gasteiger partial charge in [-0.1, -0.05) is 18.2 Å². The fraction of sp³-hybridized carbons (Fsp3) is 0.471. The quantitative estimate of drug-likeness (QED) is 0.348. The van der Waals surface area contributed by atoms with Crippen LogP contribution in [0.1, 0.15) is 23.2 Å². The maximum absolute atomic E-state index is 13.0. The van der Waals surface area contributed by atoms with Crippen LogP contribution in [0.25, 0.3) is 0 Å². The Morgan fingerprint density at radius 3 is 2.88 bits per heavy atom. The first-order chi connectivity index (χ1) is 12.4. The molecule has 1 aliphatic rings. The van der Waals surface area contributed by atoms with E-state index in [0.717, 1.165) is 30.3 Å². The second-order valence-electron chi connectivity index (χ2n) is 6.07. The van der Waals surface area contributed by atoms with E-state index in [9.17, 15) is 13.2 Å². The van der Waals surface area contributed by atoms with E-state index in [-0.39, 0.29) is 23.2 Å². The molecule has 26 heavy (non-hydrogen) atoms. The van der Waals surface area contributed by atoms with Gasteiger partial charge in [0, 0.05) is 26.2 Å². The zero-order chi connectivity index (χ0) is 19.2. The van der Waals surface area contributed by atoms with Crippen LogP contribution in [0.4, 0.5) is 0 Å². The van der Waals surface area contributed by atoms with Gasteiger partial charge in [-0.2, -0.15) is 0 Å². The minimum Gasteiger partial charge on any atom is -0.367 e. The van der Waals surface area contributed by atoms with Crippen LogP contribution < -0.4 is 11.2 Å². The number of methoxy groups -OCH3 is 1. The van der Waals surface area contributed by atoms with Crippen LogP contribution in [0.3, 0.4) is 0 Å². The fourth-order valence-electron chi connectivity index (χ4n) is 3.07. The second-order valence-corrected chi connectivity index (χ2v) is 7.90. The summed E-state index contributed by atoms with van der Waals surface area (Å²) < 4.78 is 32.1. The Labute approximate surface area is 154 Å². The van der Waals surface area contributed by atoms with Gasteiger partial charge in [-0.3, -0.25) is 9.69 Å². The summed E-state index contributed by atoms with van der Waals surface area (Å²) >= 11 is 0. The second kappa shape index (κ2) is 9.24. The van der Waals surface area contributed by atoms with Gasteiger partial charge in [-0.15, -0.1) is 11.0 Å². The van der Waals surface area contributed by atoms with Gasteiger partial charge in [0.2, 0.25) is 5.91 Å². The predicted molar refractivity (Wildman–Crippen MR) is 98.7 cm³/mol. The molecule has 1 heterocycles. The third kappa shape index (κ3) is 4.68. The van der Waals surface area contributed by atoms with Gasteiger partial charge in [0.05, 0.1) is 10.5 Å². The average Bonchev–Trinajstić information content (AvgIpc) is 3.06. The molecule has 2 rings (SSSR count). The van der Waals surface area contributed by atoms with E-state index in [1.165, 1.54) is 19.2 Å². The molecular weight excluding hydrogens is 356 g/mol. The number of sulfonamides is 1. The highest BCUT2D eigenvalue weighted by Gasteiger charge is 2.30. The smallest absolute Gasteiger partial charge is 0.258 e. The molecule has 0 bridgehead atoms. The van der Waals surface area contributed by atoms with Gasteiger partial charge in [-0.25, -0.2) is 13.8 Å². The van der Waals surface area contributed by atoms with Crippen molar-refractivity contribution < 1.29 is 17.9 Å². The third-order valence-electron chi connectivity index (χ3n) is 4.33. The van der Waals surface area contributed by atoms with Crippen LogP contribution >= 0.6 is 0 Å². The highest BCUT2D eigenvalue weighted by atomic mass is 32.2. The normalized spacial score (nSPS) is 18.3. The molecule has 0 aromatic heterocycles. The summed E-state index contributed by atoms with van der Waals surface area (Å²) in [6, 6.07) is 6.07. The van der Waals surface area contributed by atoms with E-state index in [0.29, 0.717) is 6.54 Å². The Morgan fingerprint density at radius 1 is 1.50 bits per heavy atom. The number of nitrogens with two attached hydrogens (primary N) is 1. The lowest BCUT2D eigenvalue weighted by Gasteiger charge is -2.28. The van der Waals surface area contributed by atoms with Gasteiger partial charge in [0.15, 0.2) is 0 Å². The van der Waals surface area contributed by atoms with Crippen molar-refractivity contribution in [3.05, 3.63) is 42.5 Å². The number of primary amides is 1. The highest BCUT2D eigenvalue weighted by Crippen LogP contribution is 2.20. The maximum Gasteiger partial charge on any atom is 0.258 e. The van der Waals surface area contributed by atoms with E-state index in [1.807, 2.05) is 6.08 Å². The van der Waals surface area contributed by atoms with E-state index < -0.39 is 15.9 Å². The lowest BCUT2D eigenvalue weighted by Crippen LogP contribution is -2.49. The Balaban J connectivity index is 2.20. The lowest BCUT2D eigenvalue weighted by molar-refractivity contribution is 0.0824. The van der Waals surface area contributed by atoms with E-state index in [2.05, 4.69) is 16.9 Å². The van der Waals surface area contributed by atoms with Gasteiger partial charge >= 0.3 is 0 Å². The van der Waals surface area contributed by atoms with Crippen molar-refractivity contribution in [2.24, 2.45) is 5.73 Å². The first-order valence-electron chi connectivity index (χ1n) is 8.40. The van der Waals surface area contributed by atoms with Gasteiger partial charge < -0.3 is 10.5 Å². The molecule has 1 atom stereocenters. The maximum atomic E-state index is 13.0. The minimum atomic E-state index is -4.00. The number of carbonyl (C=O) groups excluding carboxylic acids is 1. The Morgan fingerprint density at radius 2 is 2.23 bits per heavy atom. The zero-order valence-electron chi connectivity index (χ0n) is 14.9. The zero-order valence-corrected chi connectivity index (χ0v) is 15.7.